The molecule has 1 fully saturated rings. The SMILES string of the molecule is COc1ccc(Cn2nc(N[C@H]3CC[C@H](O[Si](C)(C)C(C)(C)C)CC3)c3c(-c4ccc(CN)c(F)c4)ccnc32)cc1. The van der Waals surface area contributed by atoms with Gasteiger partial charge in [-0.05, 0) is 84.8 Å². The van der Waals surface area contributed by atoms with Gasteiger partial charge in [-0.2, -0.15) is 5.10 Å². The zero-order valence-corrected chi connectivity index (χ0v) is 26.7. The number of nitrogens with one attached hydrogen (secondary N) is 1. The first-order valence-corrected chi connectivity index (χ1v) is 17.8. The Kier molecular flexibility index (Phi) is 8.73. The van der Waals surface area contributed by atoms with E-state index in [4.69, 9.17) is 25.0 Å². The normalized spacial score (nSPS) is 17.9. The summed E-state index contributed by atoms with van der Waals surface area (Å²) >= 11 is 0. The van der Waals surface area contributed by atoms with Gasteiger partial charge in [0.1, 0.15) is 11.6 Å². The maximum Gasteiger partial charge on any atom is 0.192 e. The van der Waals surface area contributed by atoms with Crippen LogP contribution in [0, 0.1) is 5.82 Å². The van der Waals surface area contributed by atoms with Crippen LogP contribution in [0.1, 0.15) is 57.6 Å². The molecule has 42 heavy (non-hydrogen) atoms. The van der Waals surface area contributed by atoms with E-state index in [2.05, 4.69) is 39.2 Å². The minimum Gasteiger partial charge on any atom is -0.497 e. The molecule has 224 valence electrons. The van der Waals surface area contributed by atoms with Crippen molar-refractivity contribution >= 4 is 25.2 Å². The summed E-state index contributed by atoms with van der Waals surface area (Å²) in [7, 11) is -0.150. The topological polar surface area (TPSA) is 87.2 Å². The zero-order chi connectivity index (χ0) is 30.1. The lowest BCUT2D eigenvalue weighted by atomic mass is 9.93. The van der Waals surface area contributed by atoms with Gasteiger partial charge in [0.2, 0.25) is 0 Å². The largest absolute Gasteiger partial charge is 0.497 e. The number of rotatable bonds is 9. The van der Waals surface area contributed by atoms with E-state index >= 15 is 0 Å². The lowest BCUT2D eigenvalue weighted by Crippen LogP contribution is -2.45. The molecule has 0 spiro atoms. The number of ether oxygens (including phenoxy) is 1. The van der Waals surface area contributed by atoms with Crippen LogP contribution in [-0.4, -0.2) is 42.3 Å². The van der Waals surface area contributed by atoms with Gasteiger partial charge < -0.3 is 20.2 Å². The molecule has 1 aliphatic carbocycles. The van der Waals surface area contributed by atoms with Crippen LogP contribution in [0.25, 0.3) is 22.2 Å². The van der Waals surface area contributed by atoms with Crippen LogP contribution in [0.3, 0.4) is 0 Å². The van der Waals surface area contributed by atoms with Gasteiger partial charge in [0.15, 0.2) is 19.8 Å². The van der Waals surface area contributed by atoms with Crippen molar-refractivity contribution in [1.82, 2.24) is 14.8 Å². The third-order valence-corrected chi connectivity index (χ3v) is 13.5. The molecule has 0 aliphatic heterocycles. The maximum absolute atomic E-state index is 14.8. The molecular weight excluding hydrogens is 545 g/mol. The van der Waals surface area contributed by atoms with Crippen molar-refractivity contribution < 1.29 is 13.6 Å². The number of hydrogen-bond acceptors (Lipinski definition) is 6. The summed E-state index contributed by atoms with van der Waals surface area (Å²) in [5.74, 6) is 1.28. The van der Waals surface area contributed by atoms with Gasteiger partial charge in [-0.1, -0.05) is 45.0 Å². The Hall–Kier alpha value is -3.27. The molecule has 3 N–H and O–H groups in total. The lowest BCUT2D eigenvalue weighted by Gasteiger charge is -2.41. The quantitative estimate of drug-likeness (QED) is 0.197. The molecule has 0 saturated heterocycles. The van der Waals surface area contributed by atoms with Gasteiger partial charge in [0.25, 0.3) is 0 Å². The first-order chi connectivity index (χ1) is 20.0. The number of benzene rings is 2. The van der Waals surface area contributed by atoms with E-state index in [0.717, 1.165) is 65.0 Å². The Bertz CT molecular complexity index is 1520. The van der Waals surface area contributed by atoms with Gasteiger partial charge in [-0.15, -0.1) is 0 Å². The van der Waals surface area contributed by atoms with Crippen molar-refractivity contribution in [2.75, 3.05) is 12.4 Å². The van der Waals surface area contributed by atoms with Gasteiger partial charge in [-0.3, -0.25) is 0 Å². The highest BCUT2D eigenvalue weighted by Gasteiger charge is 2.40. The molecule has 4 aromatic rings. The predicted molar refractivity (Wildman–Crippen MR) is 171 cm³/mol. The Morgan fingerprint density at radius 1 is 1.05 bits per heavy atom. The van der Waals surface area contributed by atoms with Crippen LogP contribution >= 0.6 is 0 Å². The number of nitrogens with zero attached hydrogens (tertiary/aromatic N) is 3. The Morgan fingerprint density at radius 2 is 1.76 bits per heavy atom. The fourth-order valence-electron chi connectivity index (χ4n) is 5.45. The molecule has 0 bridgehead atoms. The van der Waals surface area contributed by atoms with Crippen LogP contribution in [-0.2, 0) is 17.5 Å². The highest BCUT2D eigenvalue weighted by atomic mass is 28.4. The van der Waals surface area contributed by atoms with Crippen molar-refractivity contribution in [3.8, 4) is 16.9 Å². The maximum atomic E-state index is 14.8. The number of halogens is 1. The fraction of sp³-hybridized carbons (Fsp3) is 0.455. The Morgan fingerprint density at radius 3 is 2.38 bits per heavy atom. The second kappa shape index (κ2) is 12.1. The van der Waals surface area contributed by atoms with E-state index in [1.54, 1.807) is 25.4 Å². The molecule has 1 aliphatic rings. The molecule has 1 saturated carbocycles. The summed E-state index contributed by atoms with van der Waals surface area (Å²) < 4.78 is 28.8. The number of anilines is 1. The number of hydrogen-bond donors (Lipinski definition) is 2. The summed E-state index contributed by atoms with van der Waals surface area (Å²) in [6.07, 6.45) is 6.11. The summed E-state index contributed by atoms with van der Waals surface area (Å²) in [5.41, 5.74) is 9.73. The summed E-state index contributed by atoms with van der Waals surface area (Å²) in [5, 5.41) is 9.90. The van der Waals surface area contributed by atoms with Crippen LogP contribution < -0.4 is 15.8 Å². The lowest BCUT2D eigenvalue weighted by molar-refractivity contribution is 0.133. The molecule has 0 unspecified atom stereocenters. The number of fused-ring (bicyclic) bond motifs is 1. The van der Waals surface area contributed by atoms with Gasteiger partial charge in [-0.25, -0.2) is 14.1 Å². The van der Waals surface area contributed by atoms with Crippen molar-refractivity contribution in [2.45, 2.75) is 89.8 Å². The Balaban J connectivity index is 1.45. The predicted octanol–water partition coefficient (Wildman–Crippen LogP) is 7.50. The van der Waals surface area contributed by atoms with Gasteiger partial charge in [0, 0.05) is 30.5 Å². The second-order valence-corrected chi connectivity index (χ2v) is 17.7. The van der Waals surface area contributed by atoms with E-state index in [1.165, 1.54) is 0 Å². The van der Waals surface area contributed by atoms with Gasteiger partial charge >= 0.3 is 0 Å². The molecule has 0 radical (unpaired) electrons. The van der Waals surface area contributed by atoms with Crippen molar-refractivity contribution in [3.05, 3.63) is 71.7 Å². The van der Waals surface area contributed by atoms with Gasteiger partial charge in [0.05, 0.1) is 19.0 Å². The smallest absolute Gasteiger partial charge is 0.192 e. The molecule has 2 aromatic heterocycles. The van der Waals surface area contributed by atoms with Crippen LogP contribution in [0.2, 0.25) is 18.1 Å². The summed E-state index contributed by atoms with van der Waals surface area (Å²) in [4.78, 5) is 4.75. The highest BCUT2D eigenvalue weighted by molar-refractivity contribution is 6.74. The van der Waals surface area contributed by atoms with E-state index in [0.29, 0.717) is 18.2 Å². The molecule has 9 heteroatoms. The van der Waals surface area contributed by atoms with Crippen LogP contribution in [0.5, 0.6) is 5.75 Å². The third kappa shape index (κ3) is 6.38. The molecule has 2 heterocycles. The van der Waals surface area contributed by atoms with Crippen molar-refractivity contribution in [1.29, 1.82) is 0 Å². The number of pyridine rings is 1. The minimum absolute atomic E-state index is 0.159. The zero-order valence-electron chi connectivity index (χ0n) is 25.7. The number of nitrogens with two attached hydrogens (primary N) is 1. The molecular formula is C33H44FN5O2Si. The van der Waals surface area contributed by atoms with E-state index in [-0.39, 0.29) is 23.4 Å². The summed E-state index contributed by atoms with van der Waals surface area (Å²) in [6.45, 7) is 12.2. The molecule has 7 nitrogen and oxygen atoms in total. The van der Waals surface area contributed by atoms with E-state index in [9.17, 15) is 4.39 Å². The third-order valence-electron chi connectivity index (χ3n) is 8.99. The standard InChI is InChI=1S/C33H44FN5O2Si/c1-33(2,3)42(5,6)41-27-15-11-25(12-16-27)37-31-30-28(23-9-10-24(20-35)29(34)19-23)17-18-36-32(30)39(38-31)21-22-7-13-26(40-4)14-8-22/h7-10,13-14,17-19,25,27H,11-12,15-16,20-21,35H2,1-6H3,(H,37,38)/t25-,27-. The van der Waals surface area contributed by atoms with Crippen molar-refractivity contribution in [3.63, 3.8) is 0 Å². The monoisotopic (exact) mass is 589 g/mol. The van der Waals surface area contributed by atoms with E-state index in [1.807, 2.05) is 41.1 Å². The first-order valence-electron chi connectivity index (χ1n) is 14.9. The molecule has 2 aromatic carbocycles. The first kappa shape index (κ1) is 30.2. The Labute approximate surface area is 249 Å². The molecule has 0 atom stereocenters. The summed E-state index contributed by atoms with van der Waals surface area (Å²) in [6, 6.07) is 15.4. The molecule has 5 rings (SSSR count). The number of methoxy groups -OCH3 is 1. The molecule has 0 amide bonds. The number of aromatic nitrogens is 3. The minimum atomic E-state index is -1.81. The fourth-order valence-corrected chi connectivity index (χ4v) is 6.87. The van der Waals surface area contributed by atoms with Crippen molar-refractivity contribution in [2.24, 2.45) is 5.73 Å². The van der Waals surface area contributed by atoms with Crippen LogP contribution in [0.15, 0.2) is 54.7 Å². The second-order valence-electron chi connectivity index (χ2n) is 12.9. The van der Waals surface area contributed by atoms with E-state index < -0.39 is 8.32 Å². The van der Waals surface area contributed by atoms with Crippen LogP contribution in [0.4, 0.5) is 10.2 Å². The average molecular weight is 590 g/mol. The highest BCUT2D eigenvalue weighted by Crippen LogP contribution is 2.40. The average Bonchev–Trinajstić information content (AvgIpc) is 3.30.